The largest absolute Gasteiger partial charge is 0.444 e. The number of carbonyl (C=O) groups excluding carboxylic acids is 1. The van der Waals surface area contributed by atoms with Gasteiger partial charge in [-0.15, -0.1) is 0 Å². The van der Waals surface area contributed by atoms with Crippen LogP contribution in [0.15, 0.2) is 18.3 Å². The maximum atomic E-state index is 11.2. The van der Waals surface area contributed by atoms with Crippen molar-refractivity contribution in [3.63, 3.8) is 0 Å². The number of rotatable bonds is 1. The summed E-state index contributed by atoms with van der Waals surface area (Å²) in [5, 5.41) is 2.49. The summed E-state index contributed by atoms with van der Waals surface area (Å²) in [6.07, 6.45) is 1.04. The molecular weight excluding hydrogens is 180 g/mol. The van der Waals surface area contributed by atoms with Crippen LogP contribution >= 0.6 is 0 Å². The van der Waals surface area contributed by atoms with Gasteiger partial charge in [-0.25, -0.2) is 9.78 Å². The van der Waals surface area contributed by atoms with Crippen molar-refractivity contribution in [1.82, 2.24) is 4.98 Å². The van der Waals surface area contributed by atoms with E-state index < -0.39 is 11.7 Å². The van der Waals surface area contributed by atoms with Crippen molar-refractivity contribution in [1.29, 1.82) is 0 Å². The van der Waals surface area contributed by atoms with Crippen molar-refractivity contribution in [2.45, 2.75) is 26.4 Å². The quantitative estimate of drug-likeness (QED) is 0.744. The van der Waals surface area contributed by atoms with Crippen LogP contribution in [0.3, 0.4) is 0 Å². The van der Waals surface area contributed by atoms with Crippen LogP contribution in [0, 0.1) is 6.07 Å². The lowest BCUT2D eigenvalue weighted by molar-refractivity contribution is 0.0635. The van der Waals surface area contributed by atoms with E-state index in [2.05, 4.69) is 16.4 Å². The summed E-state index contributed by atoms with van der Waals surface area (Å²) in [5.41, 5.74) is -0.497. The number of ether oxygens (including phenoxy) is 1. The Morgan fingerprint density at radius 2 is 2.29 bits per heavy atom. The number of aromatic nitrogens is 1. The lowest BCUT2D eigenvalue weighted by Crippen LogP contribution is -2.27. The minimum Gasteiger partial charge on any atom is -0.444 e. The predicted molar refractivity (Wildman–Crippen MR) is 52.9 cm³/mol. The summed E-state index contributed by atoms with van der Waals surface area (Å²) in [5.74, 6) is 0.432. The van der Waals surface area contributed by atoms with Gasteiger partial charge in [-0.1, -0.05) is 0 Å². The third-order valence-corrected chi connectivity index (χ3v) is 1.23. The zero-order valence-corrected chi connectivity index (χ0v) is 8.50. The predicted octanol–water partition coefficient (Wildman–Crippen LogP) is 2.23. The third-order valence-electron chi connectivity index (χ3n) is 1.23. The van der Waals surface area contributed by atoms with E-state index in [-0.39, 0.29) is 0 Å². The van der Waals surface area contributed by atoms with Crippen LogP contribution in [0.1, 0.15) is 20.8 Å². The van der Waals surface area contributed by atoms with Crippen LogP contribution < -0.4 is 5.32 Å². The molecule has 0 aliphatic rings. The van der Waals surface area contributed by atoms with Crippen LogP contribution in [0.2, 0.25) is 0 Å². The molecule has 0 aromatic carbocycles. The van der Waals surface area contributed by atoms with Crippen molar-refractivity contribution in [3.05, 3.63) is 24.4 Å². The normalized spacial score (nSPS) is 10.8. The first kappa shape index (κ1) is 10.5. The highest BCUT2D eigenvalue weighted by Gasteiger charge is 2.16. The van der Waals surface area contributed by atoms with E-state index in [1.807, 2.05) is 0 Å². The Labute approximate surface area is 83.3 Å². The summed E-state index contributed by atoms with van der Waals surface area (Å²) >= 11 is 0. The summed E-state index contributed by atoms with van der Waals surface area (Å²) < 4.78 is 5.04. The Balaban J connectivity index is 2.50. The molecule has 0 saturated heterocycles. The smallest absolute Gasteiger partial charge is 0.413 e. The highest BCUT2D eigenvalue weighted by Crippen LogP contribution is 2.09. The van der Waals surface area contributed by atoms with Crippen molar-refractivity contribution in [2.24, 2.45) is 0 Å². The molecule has 4 nitrogen and oxygen atoms in total. The number of amides is 1. The zero-order chi connectivity index (χ0) is 10.6. The minimum absolute atomic E-state index is 0.432. The Morgan fingerprint density at radius 3 is 2.79 bits per heavy atom. The maximum absolute atomic E-state index is 11.2. The van der Waals surface area contributed by atoms with Crippen LogP contribution in [0.25, 0.3) is 0 Å². The fourth-order valence-electron chi connectivity index (χ4n) is 0.801. The lowest BCUT2D eigenvalue weighted by Gasteiger charge is -2.19. The molecule has 4 heteroatoms. The van der Waals surface area contributed by atoms with E-state index in [9.17, 15) is 4.79 Å². The number of carbonyl (C=O) groups is 1. The molecule has 1 heterocycles. The van der Waals surface area contributed by atoms with Gasteiger partial charge in [-0.2, -0.15) is 0 Å². The summed E-state index contributed by atoms with van der Waals surface area (Å²) in [6.45, 7) is 5.41. The monoisotopic (exact) mass is 193 g/mol. The fourth-order valence-corrected chi connectivity index (χ4v) is 0.801. The highest BCUT2D eigenvalue weighted by atomic mass is 16.6. The van der Waals surface area contributed by atoms with Crippen molar-refractivity contribution < 1.29 is 9.53 Å². The number of pyridine rings is 1. The fraction of sp³-hybridized carbons (Fsp3) is 0.400. The standard InChI is InChI=1S/C10H13N2O2/c1-10(2,3)14-9(13)12-8-6-4-5-7-11-8/h5-7H,1-3H3,(H,11,12,13). The molecule has 1 N–H and O–H groups in total. The lowest BCUT2D eigenvalue weighted by atomic mass is 10.2. The first-order valence-corrected chi connectivity index (χ1v) is 4.29. The zero-order valence-electron chi connectivity index (χ0n) is 8.50. The second kappa shape index (κ2) is 4.09. The van der Waals surface area contributed by atoms with E-state index in [0.29, 0.717) is 5.82 Å². The molecule has 0 spiro atoms. The SMILES string of the molecule is CC(C)(C)OC(=O)Nc1c[c]ccn1. The van der Waals surface area contributed by atoms with Crippen LogP contribution in [-0.4, -0.2) is 16.7 Å². The third kappa shape index (κ3) is 3.89. The Kier molecular flexibility index (Phi) is 3.06. The second-order valence-corrected chi connectivity index (χ2v) is 3.77. The molecule has 0 fully saturated rings. The number of nitrogens with one attached hydrogen (secondary N) is 1. The summed E-state index contributed by atoms with van der Waals surface area (Å²) in [4.78, 5) is 15.1. The van der Waals surface area contributed by atoms with Crippen molar-refractivity contribution >= 4 is 11.9 Å². The van der Waals surface area contributed by atoms with Gasteiger partial charge in [0.2, 0.25) is 0 Å². The minimum atomic E-state index is -0.510. The second-order valence-electron chi connectivity index (χ2n) is 3.77. The molecule has 1 rings (SSSR count). The topological polar surface area (TPSA) is 51.2 Å². The van der Waals surface area contributed by atoms with Gasteiger partial charge in [-0.3, -0.25) is 5.32 Å². The molecule has 75 valence electrons. The number of hydrogen-bond acceptors (Lipinski definition) is 3. The van der Waals surface area contributed by atoms with Gasteiger partial charge < -0.3 is 4.74 Å². The number of hydrogen-bond donors (Lipinski definition) is 1. The van der Waals surface area contributed by atoms with E-state index in [1.54, 1.807) is 39.1 Å². The van der Waals surface area contributed by atoms with Gasteiger partial charge in [0.1, 0.15) is 11.4 Å². The number of anilines is 1. The summed E-state index contributed by atoms with van der Waals surface area (Å²) in [7, 11) is 0. The van der Waals surface area contributed by atoms with E-state index in [4.69, 9.17) is 4.74 Å². The first-order chi connectivity index (χ1) is 6.47. The van der Waals surface area contributed by atoms with Gasteiger partial charge in [0, 0.05) is 6.20 Å². The van der Waals surface area contributed by atoms with Gasteiger partial charge in [0.25, 0.3) is 0 Å². The molecular formula is C10H13N2O2. The molecule has 1 radical (unpaired) electrons. The Hall–Kier alpha value is -1.58. The van der Waals surface area contributed by atoms with Crippen LogP contribution in [-0.2, 0) is 4.74 Å². The first-order valence-electron chi connectivity index (χ1n) is 4.29. The molecule has 1 aromatic rings. The van der Waals surface area contributed by atoms with Gasteiger partial charge >= 0.3 is 6.09 Å². The Bertz CT molecular complexity index is 304. The van der Waals surface area contributed by atoms with Crippen LogP contribution in [0.5, 0.6) is 0 Å². The molecule has 0 unspecified atom stereocenters. The van der Waals surface area contributed by atoms with Gasteiger partial charge in [-0.05, 0) is 39.0 Å². The van der Waals surface area contributed by atoms with E-state index >= 15 is 0 Å². The average molecular weight is 193 g/mol. The molecule has 1 aromatic heterocycles. The molecule has 0 aliphatic carbocycles. The van der Waals surface area contributed by atoms with Crippen LogP contribution in [0.4, 0.5) is 10.6 Å². The molecule has 1 amide bonds. The molecule has 0 bridgehead atoms. The summed E-state index contributed by atoms with van der Waals surface area (Å²) in [6, 6.07) is 6.02. The van der Waals surface area contributed by atoms with Gasteiger partial charge in [0.05, 0.1) is 0 Å². The molecule has 0 atom stereocenters. The van der Waals surface area contributed by atoms with E-state index in [1.165, 1.54) is 0 Å². The van der Waals surface area contributed by atoms with E-state index in [0.717, 1.165) is 0 Å². The highest BCUT2D eigenvalue weighted by molar-refractivity contribution is 5.83. The number of nitrogens with zero attached hydrogens (tertiary/aromatic N) is 1. The van der Waals surface area contributed by atoms with Gasteiger partial charge in [0.15, 0.2) is 0 Å². The molecule has 0 saturated carbocycles. The van der Waals surface area contributed by atoms with Crippen molar-refractivity contribution in [2.75, 3.05) is 5.32 Å². The Morgan fingerprint density at radius 1 is 1.57 bits per heavy atom. The van der Waals surface area contributed by atoms with Crippen molar-refractivity contribution in [3.8, 4) is 0 Å². The maximum Gasteiger partial charge on any atom is 0.413 e. The average Bonchev–Trinajstić information content (AvgIpc) is 2.02. The molecule has 14 heavy (non-hydrogen) atoms. The molecule has 0 aliphatic heterocycles.